The van der Waals surface area contributed by atoms with Crippen LogP contribution in [0.5, 0.6) is 0 Å². The van der Waals surface area contributed by atoms with Crippen molar-refractivity contribution >= 4 is 11.8 Å². The van der Waals surface area contributed by atoms with Crippen molar-refractivity contribution in [2.24, 2.45) is 0 Å². The van der Waals surface area contributed by atoms with Gasteiger partial charge < -0.3 is 19.5 Å². The quantitative estimate of drug-likeness (QED) is 0.484. The Hall–Kier alpha value is -1.20. The van der Waals surface area contributed by atoms with Crippen LogP contribution in [0.15, 0.2) is 11.6 Å². The summed E-state index contributed by atoms with van der Waals surface area (Å²) in [6.45, 7) is 3.44. The summed E-state index contributed by atoms with van der Waals surface area (Å²) in [6.07, 6.45) is 0.573. The zero-order valence-corrected chi connectivity index (χ0v) is 11.1. The lowest BCUT2D eigenvalue weighted by molar-refractivity contribution is -0.875. The number of hydrogen-bond acceptors (Lipinski definition) is 4. The average Bonchev–Trinajstić information content (AvgIpc) is 1.96. The fraction of sp³-hybridized carbons (Fsp3) is 0.667. The zero-order valence-electron chi connectivity index (χ0n) is 11.1. The number of aliphatic hydroxyl groups is 1. The molecule has 0 aliphatic carbocycles. The van der Waals surface area contributed by atoms with E-state index in [-0.39, 0.29) is 11.0 Å². The minimum absolute atomic E-state index is 0.0175. The first-order chi connectivity index (χ1) is 7.46. The number of likely N-dealkylation sites (N-methyl/N-ethyl adjacent to an activating group) is 1. The molecule has 0 aliphatic rings. The molecule has 5 nitrogen and oxygen atoms in total. The van der Waals surface area contributed by atoms with Gasteiger partial charge in [0.2, 0.25) is 0 Å². The van der Waals surface area contributed by atoms with Gasteiger partial charge in [0.1, 0.15) is 6.54 Å². The smallest absolute Gasteiger partial charge is 0.193 e. The Morgan fingerprint density at radius 3 is 2.06 bits per heavy atom. The van der Waals surface area contributed by atoms with Crippen LogP contribution in [-0.4, -0.2) is 54.6 Å². The molecule has 0 fully saturated rings. The number of carbonyl (C=O) groups excluding carboxylic acids is 2. The maximum absolute atomic E-state index is 11.9. The standard InChI is InChI=1S/C12H21NO4/c1-9(2)6-10(14)12(17,7-11(15)16)8-13(3,4)5/h6,17H,7-8H2,1-5H3/t12-/m1/s1. The van der Waals surface area contributed by atoms with Crippen LogP contribution >= 0.6 is 0 Å². The van der Waals surface area contributed by atoms with Crippen LogP contribution in [0.2, 0.25) is 0 Å². The van der Waals surface area contributed by atoms with Crippen LogP contribution in [0.1, 0.15) is 20.3 Å². The van der Waals surface area contributed by atoms with Crippen molar-refractivity contribution in [3.63, 3.8) is 0 Å². The third-order valence-corrected chi connectivity index (χ3v) is 2.05. The van der Waals surface area contributed by atoms with Gasteiger partial charge in [-0.25, -0.2) is 0 Å². The van der Waals surface area contributed by atoms with Gasteiger partial charge in [-0.05, 0) is 19.9 Å². The zero-order chi connectivity index (χ0) is 13.9. The maximum atomic E-state index is 11.9. The minimum Gasteiger partial charge on any atom is -0.550 e. The topological polar surface area (TPSA) is 77.4 Å². The Morgan fingerprint density at radius 2 is 1.76 bits per heavy atom. The first-order valence-electron chi connectivity index (χ1n) is 5.38. The van der Waals surface area contributed by atoms with Gasteiger partial charge in [0.15, 0.2) is 11.4 Å². The highest BCUT2D eigenvalue weighted by atomic mass is 16.4. The SMILES string of the molecule is CC(C)=CC(=O)[C@@](O)(CC(=O)[O-])C[N+](C)(C)C. The Bertz CT molecular complexity index is 337. The van der Waals surface area contributed by atoms with E-state index in [4.69, 9.17) is 0 Å². The number of ketones is 1. The molecule has 0 unspecified atom stereocenters. The Balaban J connectivity index is 5.17. The van der Waals surface area contributed by atoms with Crippen LogP contribution in [0.25, 0.3) is 0 Å². The Morgan fingerprint density at radius 1 is 1.29 bits per heavy atom. The van der Waals surface area contributed by atoms with E-state index in [9.17, 15) is 19.8 Å². The Kier molecular flexibility index (Phi) is 5.04. The van der Waals surface area contributed by atoms with Gasteiger partial charge in [0, 0.05) is 12.4 Å². The van der Waals surface area contributed by atoms with Gasteiger partial charge in [-0.3, -0.25) is 4.79 Å². The van der Waals surface area contributed by atoms with Gasteiger partial charge in [-0.2, -0.15) is 0 Å². The van der Waals surface area contributed by atoms with E-state index in [2.05, 4.69) is 0 Å². The lowest BCUT2D eigenvalue weighted by atomic mass is 9.92. The van der Waals surface area contributed by atoms with Crippen molar-refractivity contribution in [2.45, 2.75) is 25.9 Å². The second-order valence-electron chi connectivity index (χ2n) is 5.61. The van der Waals surface area contributed by atoms with Crippen LogP contribution in [-0.2, 0) is 9.59 Å². The summed E-state index contributed by atoms with van der Waals surface area (Å²) in [7, 11) is 5.32. The van der Waals surface area contributed by atoms with Gasteiger partial charge in [-0.15, -0.1) is 0 Å². The molecule has 1 N–H and O–H groups in total. The van der Waals surface area contributed by atoms with Crippen molar-refractivity contribution < 1.29 is 24.3 Å². The second-order valence-corrected chi connectivity index (χ2v) is 5.61. The Labute approximate surface area is 102 Å². The lowest BCUT2D eigenvalue weighted by Crippen LogP contribution is -2.55. The minimum atomic E-state index is -1.91. The number of carboxylic acids is 1. The molecule has 0 aromatic carbocycles. The molecule has 0 rings (SSSR count). The van der Waals surface area contributed by atoms with Gasteiger partial charge >= 0.3 is 0 Å². The summed E-state index contributed by atoms with van der Waals surface area (Å²) in [5.41, 5.74) is -1.19. The molecule has 0 amide bonds. The van der Waals surface area contributed by atoms with Crippen molar-refractivity contribution in [1.82, 2.24) is 0 Å². The van der Waals surface area contributed by atoms with E-state index in [0.717, 1.165) is 0 Å². The number of rotatable bonds is 6. The van der Waals surface area contributed by atoms with Crippen molar-refractivity contribution in [3.05, 3.63) is 11.6 Å². The third-order valence-electron chi connectivity index (χ3n) is 2.05. The predicted molar refractivity (Wildman–Crippen MR) is 61.9 cm³/mol. The molecular weight excluding hydrogens is 222 g/mol. The number of carbonyl (C=O) groups is 2. The van der Waals surface area contributed by atoms with E-state index in [0.29, 0.717) is 5.57 Å². The molecule has 5 heteroatoms. The largest absolute Gasteiger partial charge is 0.550 e. The van der Waals surface area contributed by atoms with Crippen LogP contribution in [0.4, 0.5) is 0 Å². The molecule has 17 heavy (non-hydrogen) atoms. The van der Waals surface area contributed by atoms with Crippen molar-refractivity contribution in [3.8, 4) is 0 Å². The summed E-state index contributed by atoms with van der Waals surface area (Å²) in [5.74, 6) is -2.02. The fourth-order valence-corrected chi connectivity index (χ4v) is 1.64. The molecule has 0 aromatic heterocycles. The summed E-state index contributed by atoms with van der Waals surface area (Å²) in [5, 5.41) is 20.8. The molecule has 0 saturated heterocycles. The van der Waals surface area contributed by atoms with Crippen LogP contribution in [0.3, 0.4) is 0 Å². The molecule has 98 valence electrons. The number of allylic oxidation sites excluding steroid dienone is 1. The van der Waals surface area contributed by atoms with Gasteiger partial charge in [0.05, 0.1) is 21.1 Å². The number of hydrogen-bond donors (Lipinski definition) is 1. The van der Waals surface area contributed by atoms with E-state index in [1.165, 1.54) is 6.08 Å². The maximum Gasteiger partial charge on any atom is 0.193 e. The molecular formula is C12H21NO4. The van der Waals surface area contributed by atoms with E-state index < -0.39 is 23.8 Å². The highest BCUT2D eigenvalue weighted by Crippen LogP contribution is 2.17. The predicted octanol–water partition coefficient (Wildman–Crippen LogP) is -0.901. The summed E-state index contributed by atoms with van der Waals surface area (Å²) in [4.78, 5) is 22.5. The first-order valence-corrected chi connectivity index (χ1v) is 5.38. The summed E-state index contributed by atoms with van der Waals surface area (Å²) >= 11 is 0. The summed E-state index contributed by atoms with van der Waals surface area (Å²) < 4.78 is 0.284. The fourth-order valence-electron chi connectivity index (χ4n) is 1.64. The van der Waals surface area contributed by atoms with E-state index in [1.54, 1.807) is 35.0 Å². The van der Waals surface area contributed by atoms with Crippen LogP contribution in [0, 0.1) is 0 Å². The molecule has 0 aromatic rings. The monoisotopic (exact) mass is 243 g/mol. The number of aliphatic carboxylic acids is 1. The van der Waals surface area contributed by atoms with Crippen molar-refractivity contribution in [1.29, 1.82) is 0 Å². The van der Waals surface area contributed by atoms with Gasteiger partial charge in [-0.1, -0.05) is 5.57 Å². The van der Waals surface area contributed by atoms with E-state index in [1.807, 2.05) is 0 Å². The number of nitrogens with zero attached hydrogens (tertiary/aromatic N) is 1. The molecule has 0 bridgehead atoms. The van der Waals surface area contributed by atoms with E-state index >= 15 is 0 Å². The lowest BCUT2D eigenvalue weighted by Gasteiger charge is -2.34. The number of carboxylic acid groups (broad SMARTS) is 1. The van der Waals surface area contributed by atoms with Crippen molar-refractivity contribution in [2.75, 3.05) is 27.7 Å². The average molecular weight is 243 g/mol. The second kappa shape index (κ2) is 5.42. The normalized spacial score (nSPS) is 14.9. The molecule has 0 heterocycles. The first kappa shape index (κ1) is 15.8. The molecule has 0 spiro atoms. The highest BCUT2D eigenvalue weighted by molar-refractivity contribution is 5.99. The summed E-state index contributed by atoms with van der Waals surface area (Å²) in [6, 6.07) is 0. The molecule has 0 saturated carbocycles. The highest BCUT2D eigenvalue weighted by Gasteiger charge is 2.39. The van der Waals surface area contributed by atoms with Gasteiger partial charge in [0.25, 0.3) is 0 Å². The molecule has 0 radical (unpaired) electrons. The van der Waals surface area contributed by atoms with Crippen LogP contribution < -0.4 is 5.11 Å². The third kappa shape index (κ3) is 6.19. The molecule has 0 aliphatic heterocycles. The molecule has 1 atom stereocenters. The number of quaternary nitrogens is 1.